The molecule has 0 aromatic heterocycles. The first-order valence-electron chi connectivity index (χ1n) is 4.26. The van der Waals surface area contributed by atoms with Crippen molar-refractivity contribution in [3.05, 3.63) is 0 Å². The van der Waals surface area contributed by atoms with Crippen LogP contribution in [0.2, 0.25) is 0 Å². The van der Waals surface area contributed by atoms with Crippen LogP contribution in [0.1, 0.15) is 32.1 Å². The smallest absolute Gasteiger partial charge is 0.0109 e. The third-order valence-electron chi connectivity index (χ3n) is 1.70. The van der Waals surface area contributed by atoms with E-state index in [9.17, 15) is 0 Å². The average molecular weight is 192 g/mol. The van der Waals surface area contributed by atoms with E-state index < -0.39 is 0 Å². The molecule has 0 amide bonds. The molecule has 1 heterocycles. The van der Waals surface area contributed by atoms with Crippen molar-refractivity contribution in [1.82, 2.24) is 10.3 Å². The molecule has 1 aliphatic rings. The van der Waals surface area contributed by atoms with Crippen LogP contribution in [-0.2, 0) is 0 Å². The lowest BCUT2D eigenvalue weighted by Gasteiger charge is -2.02. The maximum absolute atomic E-state index is 3.17. The van der Waals surface area contributed by atoms with Crippen LogP contribution >= 0.6 is 21.8 Å². The van der Waals surface area contributed by atoms with Gasteiger partial charge in [-0.15, -0.1) is 0 Å². The van der Waals surface area contributed by atoms with E-state index >= 15 is 0 Å². The van der Waals surface area contributed by atoms with Gasteiger partial charge in [-0.25, -0.2) is 5.43 Å². The fourth-order valence-electron chi connectivity index (χ4n) is 1.06. The Morgan fingerprint density at radius 1 is 0.909 bits per heavy atom. The molecule has 11 heavy (non-hydrogen) atoms. The molecule has 1 saturated heterocycles. The standard InChI is InChI=1S/C7H16N2S2/c1-2-4-6-8-9-11-10-7-5-3-1/h8-9H,1-7H2. The second kappa shape index (κ2) is 7.28. The molecular weight excluding hydrogens is 176 g/mol. The van der Waals surface area contributed by atoms with Gasteiger partial charge in [-0.1, -0.05) is 30.1 Å². The van der Waals surface area contributed by atoms with E-state index in [2.05, 4.69) is 10.3 Å². The number of hydrogen-bond acceptors (Lipinski definition) is 4. The highest BCUT2D eigenvalue weighted by atomic mass is 33.1. The minimum Gasteiger partial charge on any atom is -0.247 e. The van der Waals surface area contributed by atoms with E-state index in [1.807, 2.05) is 10.8 Å². The third kappa shape index (κ3) is 5.84. The lowest BCUT2D eigenvalue weighted by molar-refractivity contribution is 0.582. The number of nitrogens with one attached hydrogen (secondary N) is 2. The molecule has 0 bridgehead atoms. The van der Waals surface area contributed by atoms with Gasteiger partial charge in [-0.2, -0.15) is 4.83 Å². The molecule has 1 rings (SSSR count). The van der Waals surface area contributed by atoms with Gasteiger partial charge in [0, 0.05) is 23.3 Å². The maximum atomic E-state index is 3.17. The van der Waals surface area contributed by atoms with Crippen molar-refractivity contribution in [2.24, 2.45) is 0 Å². The summed E-state index contributed by atoms with van der Waals surface area (Å²) in [5.74, 6) is 1.28. The molecule has 4 heteroatoms. The molecule has 66 valence electrons. The van der Waals surface area contributed by atoms with Crippen molar-refractivity contribution in [3.63, 3.8) is 0 Å². The van der Waals surface area contributed by atoms with Gasteiger partial charge in [0.1, 0.15) is 0 Å². The number of rotatable bonds is 0. The normalized spacial score (nSPS) is 24.0. The van der Waals surface area contributed by atoms with Crippen molar-refractivity contribution >= 4 is 21.8 Å². The first-order chi connectivity index (χ1) is 5.50. The SMILES string of the molecule is C1CCCNNSSCCC1. The van der Waals surface area contributed by atoms with Crippen molar-refractivity contribution in [2.75, 3.05) is 12.3 Å². The van der Waals surface area contributed by atoms with Crippen molar-refractivity contribution in [1.29, 1.82) is 0 Å². The summed E-state index contributed by atoms with van der Waals surface area (Å²) < 4.78 is 0. The zero-order valence-corrected chi connectivity index (χ0v) is 8.40. The molecule has 0 saturated carbocycles. The maximum Gasteiger partial charge on any atom is 0.0109 e. The molecule has 1 aliphatic heterocycles. The molecule has 2 N–H and O–H groups in total. The van der Waals surface area contributed by atoms with Crippen LogP contribution in [0.5, 0.6) is 0 Å². The Labute approximate surface area is 76.8 Å². The highest BCUT2D eigenvalue weighted by Gasteiger charge is 1.95. The summed E-state index contributed by atoms with van der Waals surface area (Å²) in [4.78, 5) is 3.11. The van der Waals surface area contributed by atoms with Crippen molar-refractivity contribution < 1.29 is 0 Å². The molecule has 0 aromatic rings. The van der Waals surface area contributed by atoms with Gasteiger partial charge in [-0.3, -0.25) is 0 Å². The van der Waals surface area contributed by atoms with E-state index in [0.29, 0.717) is 0 Å². The highest BCUT2D eigenvalue weighted by Crippen LogP contribution is 2.19. The Kier molecular flexibility index (Phi) is 6.42. The molecule has 0 atom stereocenters. The molecule has 0 aromatic carbocycles. The first-order valence-corrected chi connectivity index (χ1v) is 6.58. The van der Waals surface area contributed by atoms with Crippen LogP contribution < -0.4 is 10.3 Å². The Hall–Kier alpha value is 0.620. The molecule has 0 aliphatic carbocycles. The summed E-state index contributed by atoms with van der Waals surface area (Å²) in [6.07, 6.45) is 6.88. The summed E-state index contributed by atoms with van der Waals surface area (Å²) >= 11 is 0. The zero-order chi connectivity index (χ0) is 7.78. The van der Waals surface area contributed by atoms with E-state index in [1.165, 1.54) is 37.9 Å². The minimum absolute atomic E-state index is 1.10. The van der Waals surface area contributed by atoms with Gasteiger partial charge < -0.3 is 0 Å². The highest BCUT2D eigenvalue weighted by molar-refractivity contribution is 8.75. The predicted molar refractivity (Wildman–Crippen MR) is 54.3 cm³/mol. The second-order valence-electron chi connectivity index (χ2n) is 2.70. The topological polar surface area (TPSA) is 24.1 Å². The van der Waals surface area contributed by atoms with Crippen LogP contribution in [-0.4, -0.2) is 12.3 Å². The van der Waals surface area contributed by atoms with Crippen LogP contribution in [0, 0.1) is 0 Å². The number of hydrazine groups is 1. The summed E-state index contributed by atoms with van der Waals surface area (Å²) in [5.41, 5.74) is 3.17. The van der Waals surface area contributed by atoms with Gasteiger partial charge in [-0.05, 0) is 12.8 Å². The fourth-order valence-corrected chi connectivity index (χ4v) is 2.64. The van der Waals surface area contributed by atoms with Crippen LogP contribution in [0.3, 0.4) is 0 Å². The van der Waals surface area contributed by atoms with E-state index in [0.717, 1.165) is 6.54 Å². The first kappa shape index (κ1) is 9.71. The Morgan fingerprint density at radius 2 is 1.73 bits per heavy atom. The molecule has 1 fully saturated rings. The van der Waals surface area contributed by atoms with Gasteiger partial charge in [0.05, 0.1) is 0 Å². The monoisotopic (exact) mass is 192 g/mol. The van der Waals surface area contributed by atoms with E-state index in [1.54, 1.807) is 11.0 Å². The van der Waals surface area contributed by atoms with Gasteiger partial charge >= 0.3 is 0 Å². The van der Waals surface area contributed by atoms with Gasteiger partial charge in [0.25, 0.3) is 0 Å². The molecule has 0 radical (unpaired) electrons. The third-order valence-corrected chi connectivity index (χ3v) is 3.61. The molecule has 0 unspecified atom stereocenters. The average Bonchev–Trinajstić information content (AvgIpc) is 2.08. The predicted octanol–water partition coefficient (Wildman–Crippen LogP) is 2.34. The summed E-state index contributed by atoms with van der Waals surface area (Å²) in [7, 11) is 3.62. The molecule has 0 spiro atoms. The molecular formula is C7H16N2S2. The summed E-state index contributed by atoms with van der Waals surface area (Å²) in [6.45, 7) is 1.10. The Balaban J connectivity index is 2.02. The summed E-state index contributed by atoms with van der Waals surface area (Å²) in [5, 5.41) is 0. The van der Waals surface area contributed by atoms with Gasteiger partial charge in [0.15, 0.2) is 0 Å². The van der Waals surface area contributed by atoms with E-state index in [-0.39, 0.29) is 0 Å². The zero-order valence-electron chi connectivity index (χ0n) is 6.77. The van der Waals surface area contributed by atoms with Crippen molar-refractivity contribution in [2.45, 2.75) is 32.1 Å². The van der Waals surface area contributed by atoms with Crippen LogP contribution in [0.15, 0.2) is 0 Å². The van der Waals surface area contributed by atoms with Gasteiger partial charge in [0.2, 0.25) is 0 Å². The fraction of sp³-hybridized carbons (Fsp3) is 1.00. The largest absolute Gasteiger partial charge is 0.247 e. The van der Waals surface area contributed by atoms with E-state index in [4.69, 9.17) is 0 Å². The molecule has 2 nitrogen and oxygen atoms in total. The summed E-state index contributed by atoms with van der Waals surface area (Å²) in [6, 6.07) is 0. The lowest BCUT2D eigenvalue weighted by Crippen LogP contribution is -2.25. The number of hydrogen-bond donors (Lipinski definition) is 2. The van der Waals surface area contributed by atoms with Crippen LogP contribution in [0.25, 0.3) is 0 Å². The van der Waals surface area contributed by atoms with Crippen LogP contribution in [0.4, 0.5) is 0 Å². The minimum atomic E-state index is 1.10. The second-order valence-corrected chi connectivity index (χ2v) is 4.92. The van der Waals surface area contributed by atoms with Crippen molar-refractivity contribution in [3.8, 4) is 0 Å². The Morgan fingerprint density at radius 3 is 2.73 bits per heavy atom. The quantitative estimate of drug-likeness (QED) is 0.454. The Bertz CT molecular complexity index is 52.5. The lowest BCUT2D eigenvalue weighted by atomic mass is 10.1.